The summed E-state index contributed by atoms with van der Waals surface area (Å²) in [4.78, 5) is 25.5. The fourth-order valence-electron chi connectivity index (χ4n) is 3.68. The number of ether oxygens (including phenoxy) is 1. The van der Waals surface area contributed by atoms with E-state index in [1.807, 2.05) is 0 Å². The van der Waals surface area contributed by atoms with Gasteiger partial charge in [-0.25, -0.2) is 0 Å². The number of hydrogen-bond acceptors (Lipinski definition) is 3. The minimum atomic E-state index is -4.42. The van der Waals surface area contributed by atoms with Gasteiger partial charge in [-0.05, 0) is 36.8 Å². The average molecular weight is 385 g/mol. The van der Waals surface area contributed by atoms with Crippen LogP contribution in [0.4, 0.5) is 13.2 Å². The summed E-state index contributed by atoms with van der Waals surface area (Å²) in [5.74, 6) is -1.77. The Morgan fingerprint density at radius 1 is 1.22 bits per heavy atom. The van der Waals surface area contributed by atoms with Gasteiger partial charge in [-0.15, -0.1) is 0 Å². The van der Waals surface area contributed by atoms with Crippen molar-refractivity contribution in [2.75, 3.05) is 19.8 Å². The van der Waals surface area contributed by atoms with Crippen LogP contribution in [0.25, 0.3) is 0 Å². The predicted molar refractivity (Wildman–Crippen MR) is 90.1 cm³/mol. The molecule has 2 fully saturated rings. The Morgan fingerprint density at radius 2 is 1.93 bits per heavy atom. The lowest BCUT2D eigenvalue weighted by molar-refractivity contribution is -0.141. The summed E-state index contributed by atoms with van der Waals surface area (Å²) in [6.45, 7) is 1.15. The van der Waals surface area contributed by atoms with Crippen molar-refractivity contribution in [3.8, 4) is 0 Å². The van der Waals surface area contributed by atoms with Gasteiger partial charge in [0.1, 0.15) is 0 Å². The third kappa shape index (κ3) is 4.80. The molecule has 1 amide bonds. The highest BCUT2D eigenvalue weighted by atomic mass is 19.4. The van der Waals surface area contributed by atoms with Crippen molar-refractivity contribution in [2.45, 2.75) is 43.8 Å². The number of aliphatic carboxylic acids is 1. The fourth-order valence-corrected chi connectivity index (χ4v) is 3.68. The van der Waals surface area contributed by atoms with Crippen LogP contribution in [0.3, 0.4) is 0 Å². The molecule has 1 saturated carbocycles. The molecule has 0 spiro atoms. The Bertz CT molecular complexity index is 700. The molecule has 0 bridgehead atoms. The van der Waals surface area contributed by atoms with E-state index < -0.39 is 17.7 Å². The Labute approximate surface area is 155 Å². The molecule has 1 aliphatic carbocycles. The largest absolute Gasteiger partial charge is 0.481 e. The van der Waals surface area contributed by atoms with E-state index in [4.69, 9.17) is 9.84 Å². The first-order valence-corrected chi connectivity index (χ1v) is 9.04. The van der Waals surface area contributed by atoms with Gasteiger partial charge in [0.05, 0.1) is 12.0 Å². The maximum Gasteiger partial charge on any atom is 0.416 e. The summed E-state index contributed by atoms with van der Waals surface area (Å²) < 4.78 is 44.0. The molecule has 5 nitrogen and oxygen atoms in total. The van der Waals surface area contributed by atoms with Crippen LogP contribution in [-0.2, 0) is 20.5 Å². The minimum absolute atomic E-state index is 0.0756. The van der Waals surface area contributed by atoms with Crippen LogP contribution in [0.5, 0.6) is 0 Å². The number of amides is 1. The highest BCUT2D eigenvalue weighted by Gasteiger charge is 2.47. The smallest absolute Gasteiger partial charge is 0.416 e. The molecule has 27 heavy (non-hydrogen) atoms. The van der Waals surface area contributed by atoms with E-state index in [0.29, 0.717) is 38.0 Å². The number of rotatable bonds is 6. The number of carbonyl (C=O) groups excluding carboxylic acids is 1. The fraction of sp³-hybridized carbons (Fsp3) is 0.579. The van der Waals surface area contributed by atoms with Gasteiger partial charge in [-0.2, -0.15) is 13.2 Å². The van der Waals surface area contributed by atoms with E-state index in [1.165, 1.54) is 6.07 Å². The number of halogens is 3. The van der Waals surface area contributed by atoms with Gasteiger partial charge in [-0.1, -0.05) is 18.2 Å². The van der Waals surface area contributed by atoms with Crippen molar-refractivity contribution in [1.29, 1.82) is 0 Å². The predicted octanol–water partition coefficient (Wildman–Crippen LogP) is 3.29. The second-order valence-electron chi connectivity index (χ2n) is 7.09. The summed E-state index contributed by atoms with van der Waals surface area (Å²) >= 11 is 0. The topological polar surface area (TPSA) is 66.8 Å². The Hall–Kier alpha value is -2.09. The van der Waals surface area contributed by atoms with E-state index >= 15 is 0 Å². The van der Waals surface area contributed by atoms with Gasteiger partial charge in [0.15, 0.2) is 0 Å². The maximum absolute atomic E-state index is 13.0. The first-order chi connectivity index (χ1) is 12.8. The second kappa shape index (κ2) is 7.88. The Kier molecular flexibility index (Phi) is 5.74. The number of hydrogen-bond donors (Lipinski definition) is 1. The van der Waals surface area contributed by atoms with E-state index in [-0.39, 0.29) is 36.8 Å². The van der Waals surface area contributed by atoms with Gasteiger partial charge >= 0.3 is 12.1 Å². The molecular formula is C19H22F3NO4. The normalized spacial score (nSPS) is 23.1. The van der Waals surface area contributed by atoms with Crippen molar-refractivity contribution in [2.24, 2.45) is 5.92 Å². The van der Waals surface area contributed by atoms with Crippen LogP contribution in [0, 0.1) is 5.92 Å². The molecule has 2 atom stereocenters. The van der Waals surface area contributed by atoms with Gasteiger partial charge in [0.2, 0.25) is 5.91 Å². The van der Waals surface area contributed by atoms with Crippen LogP contribution in [0.2, 0.25) is 0 Å². The molecule has 0 aromatic heterocycles. The molecule has 148 valence electrons. The van der Waals surface area contributed by atoms with Crippen LogP contribution in [-0.4, -0.2) is 47.7 Å². The van der Waals surface area contributed by atoms with Crippen LogP contribution < -0.4 is 0 Å². The van der Waals surface area contributed by atoms with E-state index in [2.05, 4.69) is 0 Å². The lowest BCUT2D eigenvalue weighted by atomic mass is 10.0. The van der Waals surface area contributed by atoms with E-state index in [9.17, 15) is 22.8 Å². The number of carbonyl (C=O) groups is 2. The van der Waals surface area contributed by atoms with E-state index in [0.717, 1.165) is 12.1 Å². The van der Waals surface area contributed by atoms with Gasteiger partial charge in [0, 0.05) is 31.7 Å². The number of benzene rings is 1. The molecule has 1 aliphatic heterocycles. The van der Waals surface area contributed by atoms with Gasteiger partial charge in [0.25, 0.3) is 0 Å². The second-order valence-corrected chi connectivity index (χ2v) is 7.09. The highest BCUT2D eigenvalue weighted by Crippen LogP contribution is 2.49. The molecule has 0 unspecified atom stereocenters. The monoisotopic (exact) mass is 385 g/mol. The van der Waals surface area contributed by atoms with Crippen molar-refractivity contribution in [3.05, 3.63) is 35.4 Å². The van der Waals surface area contributed by atoms with Crippen LogP contribution in [0.1, 0.15) is 42.7 Å². The first-order valence-electron chi connectivity index (χ1n) is 9.04. The molecule has 3 rings (SSSR count). The van der Waals surface area contributed by atoms with Crippen molar-refractivity contribution in [1.82, 2.24) is 4.90 Å². The number of carboxylic acid groups (broad SMARTS) is 1. The van der Waals surface area contributed by atoms with Crippen molar-refractivity contribution >= 4 is 11.9 Å². The molecule has 2 aliphatic rings. The quantitative estimate of drug-likeness (QED) is 0.816. The lowest BCUT2D eigenvalue weighted by Gasteiger charge is -2.34. The van der Waals surface area contributed by atoms with Crippen molar-refractivity contribution in [3.63, 3.8) is 0 Å². The number of carboxylic acids is 1. The van der Waals surface area contributed by atoms with Crippen LogP contribution >= 0.6 is 0 Å². The molecule has 1 saturated heterocycles. The third-order valence-electron chi connectivity index (χ3n) is 5.23. The number of nitrogens with zero attached hydrogens (tertiary/aromatic N) is 1. The standard InChI is InChI=1S/C19H22F3NO4/c20-19(21,22)13-3-1-2-12(10-13)15-11-16(15)18(26)23(7-4-17(24)25)14-5-8-27-9-6-14/h1-3,10,14-16H,4-9,11H2,(H,24,25)/t15-,16+/m0/s1. The average Bonchev–Trinajstić information content (AvgIpc) is 3.42. The molecule has 0 radical (unpaired) electrons. The zero-order valence-electron chi connectivity index (χ0n) is 14.7. The summed E-state index contributed by atoms with van der Waals surface area (Å²) in [5, 5.41) is 8.96. The molecule has 1 aromatic carbocycles. The molecule has 1 heterocycles. The van der Waals surface area contributed by atoms with Crippen LogP contribution in [0.15, 0.2) is 24.3 Å². The zero-order chi connectivity index (χ0) is 19.6. The van der Waals surface area contributed by atoms with E-state index in [1.54, 1.807) is 11.0 Å². The highest BCUT2D eigenvalue weighted by molar-refractivity contribution is 5.83. The molecular weight excluding hydrogens is 363 g/mol. The summed E-state index contributed by atoms with van der Waals surface area (Å²) in [6.07, 6.45) is -2.78. The lowest BCUT2D eigenvalue weighted by Crippen LogP contribution is -2.45. The summed E-state index contributed by atoms with van der Waals surface area (Å²) in [5.41, 5.74) is -0.210. The Balaban J connectivity index is 1.71. The SMILES string of the molecule is O=C(O)CCN(C(=O)[C@@H]1C[C@H]1c1cccc(C(F)(F)F)c1)C1CCOCC1. The Morgan fingerprint density at radius 3 is 2.56 bits per heavy atom. The van der Waals surface area contributed by atoms with Crippen molar-refractivity contribution < 1.29 is 32.6 Å². The molecule has 1 aromatic rings. The molecule has 8 heteroatoms. The third-order valence-corrected chi connectivity index (χ3v) is 5.23. The van der Waals surface area contributed by atoms with Gasteiger partial charge in [-0.3, -0.25) is 9.59 Å². The summed E-state index contributed by atoms with van der Waals surface area (Å²) in [7, 11) is 0. The zero-order valence-corrected chi connectivity index (χ0v) is 14.7. The van der Waals surface area contributed by atoms with Gasteiger partial charge < -0.3 is 14.7 Å². The first kappa shape index (κ1) is 19.7. The summed E-state index contributed by atoms with van der Waals surface area (Å²) in [6, 6.07) is 5.02. The molecule has 1 N–H and O–H groups in total. The maximum atomic E-state index is 13.0. The minimum Gasteiger partial charge on any atom is -0.481 e. The number of alkyl halides is 3.